The number of allylic oxidation sites excluding steroid dienone is 2. The molecule has 0 bridgehead atoms. The van der Waals surface area contributed by atoms with Gasteiger partial charge < -0.3 is 14.8 Å². The molecule has 0 fully saturated rings. The number of nitrogens with one attached hydrogen (secondary N) is 1. The molecule has 0 rings (SSSR count). The molecule has 0 aromatic carbocycles. The summed E-state index contributed by atoms with van der Waals surface area (Å²) in [5.74, 6) is 0.0524. The fourth-order valence-electron chi connectivity index (χ4n) is 1.04. The van der Waals surface area contributed by atoms with Crippen LogP contribution in [0, 0.1) is 0 Å². The van der Waals surface area contributed by atoms with E-state index >= 15 is 0 Å². The maximum absolute atomic E-state index is 11.2. The Bertz CT molecular complexity index is 261. The highest BCUT2D eigenvalue weighted by Gasteiger charge is 2.01. The molecule has 4 nitrogen and oxygen atoms in total. The number of carbonyl (C=O) groups is 1. The molecule has 0 saturated carbocycles. The monoisotopic (exact) mass is 241 g/mol. The molecule has 0 aliphatic carbocycles. The second-order valence-electron chi connectivity index (χ2n) is 3.89. The molecular formula is C13H23NO3. The van der Waals surface area contributed by atoms with Crippen LogP contribution in [0.5, 0.6) is 0 Å². The predicted octanol–water partition coefficient (Wildman–Crippen LogP) is 1.68. The molecule has 98 valence electrons. The number of carbonyl (C=O) groups excluding carboxylic acids is 1. The van der Waals surface area contributed by atoms with E-state index in [1.807, 2.05) is 6.92 Å². The lowest BCUT2D eigenvalue weighted by Crippen LogP contribution is -2.18. The van der Waals surface area contributed by atoms with Crippen LogP contribution in [0.3, 0.4) is 0 Å². The quantitative estimate of drug-likeness (QED) is 0.441. The van der Waals surface area contributed by atoms with Crippen molar-refractivity contribution in [1.29, 1.82) is 0 Å². The zero-order chi connectivity index (χ0) is 13.1. The Kier molecular flexibility index (Phi) is 9.38. The van der Waals surface area contributed by atoms with Crippen LogP contribution in [0.15, 0.2) is 24.4 Å². The Balaban J connectivity index is 3.16. The Morgan fingerprint density at radius 2 is 1.65 bits per heavy atom. The van der Waals surface area contributed by atoms with Crippen LogP contribution in [-0.4, -0.2) is 38.8 Å². The molecule has 0 amide bonds. The van der Waals surface area contributed by atoms with Crippen LogP contribution in [0.2, 0.25) is 0 Å². The van der Waals surface area contributed by atoms with E-state index in [4.69, 9.17) is 9.47 Å². The van der Waals surface area contributed by atoms with Gasteiger partial charge in [0.25, 0.3) is 0 Å². The first-order valence-corrected chi connectivity index (χ1v) is 5.77. The van der Waals surface area contributed by atoms with Gasteiger partial charge in [-0.15, -0.1) is 0 Å². The number of ether oxygens (including phenoxy) is 2. The Labute approximate surface area is 104 Å². The SMILES string of the molecule is C=C(C)NCCOCCOCCC(=O)C(=C)C. The maximum atomic E-state index is 11.2. The first-order valence-electron chi connectivity index (χ1n) is 5.77. The molecule has 0 radical (unpaired) electrons. The normalized spacial score (nSPS) is 10.0. The largest absolute Gasteiger partial charge is 0.387 e. The summed E-state index contributed by atoms with van der Waals surface area (Å²) in [6.07, 6.45) is 0.395. The van der Waals surface area contributed by atoms with Gasteiger partial charge in [0, 0.05) is 18.7 Å². The molecule has 4 heteroatoms. The number of rotatable bonds is 11. The summed E-state index contributed by atoms with van der Waals surface area (Å²) in [6, 6.07) is 0. The second-order valence-corrected chi connectivity index (χ2v) is 3.89. The predicted molar refractivity (Wildman–Crippen MR) is 68.9 cm³/mol. The van der Waals surface area contributed by atoms with E-state index in [0.29, 0.717) is 38.4 Å². The number of Topliss-reactive ketones (excluding diaryl/α,β-unsaturated/α-hetero) is 1. The van der Waals surface area contributed by atoms with Crippen molar-refractivity contribution in [3.05, 3.63) is 24.4 Å². The third-order valence-corrected chi connectivity index (χ3v) is 1.99. The highest BCUT2D eigenvalue weighted by Crippen LogP contribution is 1.95. The molecule has 1 N–H and O–H groups in total. The van der Waals surface area contributed by atoms with E-state index in [1.165, 1.54) is 0 Å². The number of ketones is 1. The van der Waals surface area contributed by atoms with Gasteiger partial charge in [0.1, 0.15) is 0 Å². The number of hydrogen-bond donors (Lipinski definition) is 1. The minimum atomic E-state index is 0.0524. The van der Waals surface area contributed by atoms with E-state index in [1.54, 1.807) is 6.92 Å². The average Bonchev–Trinajstić information content (AvgIpc) is 2.25. The summed E-state index contributed by atoms with van der Waals surface area (Å²) in [7, 11) is 0. The molecule has 0 saturated heterocycles. The fourth-order valence-corrected chi connectivity index (χ4v) is 1.04. The molecule has 0 unspecified atom stereocenters. The molecule has 17 heavy (non-hydrogen) atoms. The molecule has 0 aliphatic rings. The van der Waals surface area contributed by atoms with Gasteiger partial charge in [0.2, 0.25) is 0 Å². The van der Waals surface area contributed by atoms with Crippen LogP contribution in [-0.2, 0) is 14.3 Å². The molecular weight excluding hydrogens is 218 g/mol. The van der Waals surface area contributed by atoms with Crippen LogP contribution in [0.25, 0.3) is 0 Å². The zero-order valence-corrected chi connectivity index (χ0v) is 10.9. The summed E-state index contributed by atoms with van der Waals surface area (Å²) in [5, 5.41) is 3.06. The van der Waals surface area contributed by atoms with Crippen molar-refractivity contribution in [2.75, 3.05) is 33.0 Å². The van der Waals surface area contributed by atoms with Gasteiger partial charge in [-0.2, -0.15) is 0 Å². The minimum Gasteiger partial charge on any atom is -0.387 e. The second kappa shape index (κ2) is 10.1. The van der Waals surface area contributed by atoms with Crippen molar-refractivity contribution in [2.24, 2.45) is 0 Å². The van der Waals surface area contributed by atoms with Crippen molar-refractivity contribution in [3.63, 3.8) is 0 Å². The maximum Gasteiger partial charge on any atom is 0.160 e. The molecule has 0 aliphatic heterocycles. The van der Waals surface area contributed by atoms with E-state index < -0.39 is 0 Å². The fraction of sp³-hybridized carbons (Fsp3) is 0.615. The summed E-state index contributed by atoms with van der Waals surface area (Å²) >= 11 is 0. The highest BCUT2D eigenvalue weighted by atomic mass is 16.5. The van der Waals surface area contributed by atoms with Crippen LogP contribution < -0.4 is 5.32 Å². The lowest BCUT2D eigenvalue weighted by atomic mass is 10.2. The average molecular weight is 241 g/mol. The van der Waals surface area contributed by atoms with Gasteiger partial charge in [-0.25, -0.2) is 0 Å². The summed E-state index contributed by atoms with van der Waals surface area (Å²) in [6.45, 7) is 13.8. The lowest BCUT2D eigenvalue weighted by molar-refractivity contribution is -0.116. The van der Waals surface area contributed by atoms with Gasteiger partial charge in [-0.1, -0.05) is 13.2 Å². The standard InChI is InChI=1S/C13H23NO3/c1-11(2)13(15)5-7-16-9-10-17-8-6-14-12(3)4/h14H,1,3,5-10H2,2,4H3. The van der Waals surface area contributed by atoms with Crippen molar-refractivity contribution in [3.8, 4) is 0 Å². The molecule has 0 heterocycles. The topological polar surface area (TPSA) is 47.6 Å². The summed E-state index contributed by atoms with van der Waals surface area (Å²) in [5.41, 5.74) is 1.51. The first-order chi connectivity index (χ1) is 8.04. The third kappa shape index (κ3) is 11.1. The molecule has 0 aromatic heterocycles. The first kappa shape index (κ1) is 15.9. The number of hydrogen-bond acceptors (Lipinski definition) is 4. The van der Waals surface area contributed by atoms with Crippen LogP contribution in [0.4, 0.5) is 0 Å². The van der Waals surface area contributed by atoms with E-state index in [0.717, 1.165) is 12.2 Å². The van der Waals surface area contributed by atoms with Crippen LogP contribution >= 0.6 is 0 Å². The Morgan fingerprint density at radius 1 is 1.06 bits per heavy atom. The minimum absolute atomic E-state index is 0.0524. The van der Waals surface area contributed by atoms with Gasteiger partial charge in [0.15, 0.2) is 5.78 Å². The smallest absolute Gasteiger partial charge is 0.160 e. The summed E-state index contributed by atoms with van der Waals surface area (Å²) in [4.78, 5) is 11.2. The van der Waals surface area contributed by atoms with Gasteiger partial charge in [0.05, 0.1) is 26.4 Å². The van der Waals surface area contributed by atoms with Gasteiger partial charge in [-0.3, -0.25) is 4.79 Å². The van der Waals surface area contributed by atoms with Gasteiger partial charge >= 0.3 is 0 Å². The van der Waals surface area contributed by atoms with Gasteiger partial charge in [-0.05, 0) is 19.4 Å². The van der Waals surface area contributed by atoms with E-state index in [9.17, 15) is 4.79 Å². The van der Waals surface area contributed by atoms with Crippen LogP contribution in [0.1, 0.15) is 20.3 Å². The lowest BCUT2D eigenvalue weighted by Gasteiger charge is -2.07. The highest BCUT2D eigenvalue weighted by molar-refractivity contribution is 5.94. The van der Waals surface area contributed by atoms with Crippen molar-refractivity contribution < 1.29 is 14.3 Å². The van der Waals surface area contributed by atoms with E-state index in [-0.39, 0.29) is 5.78 Å². The van der Waals surface area contributed by atoms with Crippen molar-refractivity contribution >= 4 is 5.78 Å². The third-order valence-electron chi connectivity index (χ3n) is 1.99. The molecule has 0 aromatic rings. The Hall–Kier alpha value is -1.13. The summed E-state index contributed by atoms with van der Waals surface area (Å²) < 4.78 is 10.6. The van der Waals surface area contributed by atoms with Crippen molar-refractivity contribution in [1.82, 2.24) is 5.32 Å². The van der Waals surface area contributed by atoms with Crippen molar-refractivity contribution in [2.45, 2.75) is 20.3 Å². The molecule has 0 spiro atoms. The molecule has 0 atom stereocenters. The Morgan fingerprint density at radius 3 is 2.18 bits per heavy atom. The van der Waals surface area contributed by atoms with E-state index in [2.05, 4.69) is 18.5 Å². The zero-order valence-electron chi connectivity index (χ0n) is 10.9.